The summed E-state index contributed by atoms with van der Waals surface area (Å²) in [5, 5.41) is 15.0. The molecule has 0 saturated heterocycles. The van der Waals surface area contributed by atoms with Gasteiger partial charge in [-0.15, -0.1) is 11.3 Å². The molecule has 0 fully saturated rings. The number of thiophene rings is 1. The predicted molar refractivity (Wildman–Crippen MR) is 69.8 cm³/mol. The molecule has 0 spiro atoms. The maximum atomic E-state index is 9.75. The number of hydrogen-bond acceptors (Lipinski definition) is 4. The second-order valence-electron chi connectivity index (χ2n) is 3.29. The van der Waals surface area contributed by atoms with Gasteiger partial charge in [0, 0.05) is 11.4 Å². The molecule has 0 bridgehead atoms. The minimum Gasteiger partial charge on any atom is -0.386 e. The highest BCUT2D eigenvalue weighted by molar-refractivity contribution is 7.99. The molecule has 0 radical (unpaired) electrons. The van der Waals surface area contributed by atoms with Crippen LogP contribution in [0, 0.1) is 0 Å². The summed E-state index contributed by atoms with van der Waals surface area (Å²) < 4.78 is 0. The Balaban J connectivity index is 2.00. The maximum Gasteiger partial charge on any atom is 0.101 e. The Morgan fingerprint density at radius 1 is 1.60 bits per heavy atom. The fourth-order valence-electron chi connectivity index (χ4n) is 1.26. The molecule has 0 aliphatic carbocycles. The van der Waals surface area contributed by atoms with E-state index in [4.69, 9.17) is 0 Å². The number of hydrogen-bond donors (Lipinski definition) is 2. The van der Waals surface area contributed by atoms with Crippen molar-refractivity contribution >= 4 is 23.1 Å². The van der Waals surface area contributed by atoms with E-state index in [2.05, 4.69) is 12.2 Å². The molecule has 0 aliphatic rings. The Kier molecular flexibility index (Phi) is 7.09. The number of aliphatic hydroxyl groups excluding tert-OH is 1. The highest BCUT2D eigenvalue weighted by Gasteiger charge is 2.06. The van der Waals surface area contributed by atoms with E-state index in [1.54, 1.807) is 11.3 Å². The van der Waals surface area contributed by atoms with Crippen molar-refractivity contribution in [2.45, 2.75) is 19.4 Å². The molecule has 1 aromatic rings. The van der Waals surface area contributed by atoms with Gasteiger partial charge in [0.25, 0.3) is 0 Å². The van der Waals surface area contributed by atoms with Crippen LogP contribution in [0.4, 0.5) is 0 Å². The number of nitrogens with one attached hydrogen (secondary N) is 1. The van der Waals surface area contributed by atoms with Crippen LogP contribution in [0.3, 0.4) is 0 Å². The summed E-state index contributed by atoms with van der Waals surface area (Å²) in [6, 6.07) is 3.95. The SMILES string of the molecule is CCSCCCNCC(O)c1cccs1. The third-order valence-corrected chi connectivity index (χ3v) is 4.01. The Hall–Kier alpha value is -0.0300. The lowest BCUT2D eigenvalue weighted by Gasteiger charge is -2.09. The van der Waals surface area contributed by atoms with Crippen molar-refractivity contribution in [2.24, 2.45) is 0 Å². The first kappa shape index (κ1) is 13.0. The van der Waals surface area contributed by atoms with E-state index < -0.39 is 0 Å². The van der Waals surface area contributed by atoms with E-state index >= 15 is 0 Å². The van der Waals surface area contributed by atoms with Gasteiger partial charge in [0.15, 0.2) is 0 Å². The van der Waals surface area contributed by atoms with E-state index in [1.165, 1.54) is 17.9 Å². The van der Waals surface area contributed by atoms with E-state index in [1.807, 2.05) is 29.3 Å². The van der Waals surface area contributed by atoms with Crippen LogP contribution in [0.25, 0.3) is 0 Å². The largest absolute Gasteiger partial charge is 0.386 e. The van der Waals surface area contributed by atoms with Crippen LogP contribution in [0.1, 0.15) is 24.3 Å². The quantitative estimate of drug-likeness (QED) is 0.690. The summed E-state index contributed by atoms with van der Waals surface area (Å²) in [6.07, 6.45) is 0.833. The van der Waals surface area contributed by atoms with E-state index in [-0.39, 0.29) is 6.10 Å². The third-order valence-electron chi connectivity index (χ3n) is 2.06. The first-order chi connectivity index (χ1) is 7.34. The predicted octanol–water partition coefficient (Wildman–Crippen LogP) is 2.51. The van der Waals surface area contributed by atoms with Crippen molar-refractivity contribution < 1.29 is 5.11 Å². The van der Waals surface area contributed by atoms with Crippen molar-refractivity contribution in [3.8, 4) is 0 Å². The molecule has 0 amide bonds. The standard InChI is InChI=1S/C11H19NOS2/c1-2-14-7-4-6-12-9-10(13)11-5-3-8-15-11/h3,5,8,10,12-13H,2,4,6-7,9H2,1H3. The zero-order valence-electron chi connectivity index (χ0n) is 9.11. The summed E-state index contributed by atoms with van der Waals surface area (Å²) in [5.41, 5.74) is 0. The van der Waals surface area contributed by atoms with Gasteiger partial charge >= 0.3 is 0 Å². The summed E-state index contributed by atoms with van der Waals surface area (Å²) in [6.45, 7) is 3.84. The fraction of sp³-hybridized carbons (Fsp3) is 0.636. The zero-order valence-corrected chi connectivity index (χ0v) is 10.7. The van der Waals surface area contributed by atoms with Gasteiger partial charge in [0.05, 0.1) is 0 Å². The molecular formula is C11H19NOS2. The monoisotopic (exact) mass is 245 g/mol. The van der Waals surface area contributed by atoms with E-state index in [9.17, 15) is 5.11 Å². The zero-order chi connectivity index (χ0) is 10.9. The highest BCUT2D eigenvalue weighted by atomic mass is 32.2. The highest BCUT2D eigenvalue weighted by Crippen LogP contribution is 2.17. The molecule has 2 nitrogen and oxygen atoms in total. The molecule has 1 atom stereocenters. The minimum absolute atomic E-state index is 0.344. The maximum absolute atomic E-state index is 9.75. The molecule has 0 aromatic carbocycles. The van der Waals surface area contributed by atoms with Gasteiger partial charge in [0.2, 0.25) is 0 Å². The smallest absolute Gasteiger partial charge is 0.101 e. The lowest BCUT2D eigenvalue weighted by molar-refractivity contribution is 0.179. The molecule has 4 heteroatoms. The number of aliphatic hydroxyl groups is 1. The molecule has 1 rings (SSSR count). The van der Waals surface area contributed by atoms with Gasteiger partial charge in [-0.05, 0) is 35.9 Å². The summed E-state index contributed by atoms with van der Waals surface area (Å²) in [7, 11) is 0. The lowest BCUT2D eigenvalue weighted by atomic mass is 10.3. The van der Waals surface area contributed by atoms with Gasteiger partial charge < -0.3 is 10.4 Å². The molecule has 1 unspecified atom stereocenters. The van der Waals surface area contributed by atoms with E-state index in [0.717, 1.165) is 11.4 Å². The first-order valence-corrected chi connectivity index (χ1v) is 7.38. The first-order valence-electron chi connectivity index (χ1n) is 5.34. The van der Waals surface area contributed by atoms with Gasteiger partial charge in [-0.2, -0.15) is 11.8 Å². The van der Waals surface area contributed by atoms with Crippen molar-refractivity contribution in [3.05, 3.63) is 22.4 Å². The lowest BCUT2D eigenvalue weighted by Crippen LogP contribution is -2.22. The van der Waals surface area contributed by atoms with Crippen molar-refractivity contribution in [3.63, 3.8) is 0 Å². The van der Waals surface area contributed by atoms with Gasteiger partial charge in [0.1, 0.15) is 6.10 Å². The molecule has 0 aliphatic heterocycles. The molecule has 0 saturated carbocycles. The molecular weight excluding hydrogens is 226 g/mol. The van der Waals surface area contributed by atoms with Crippen LogP contribution in [-0.2, 0) is 0 Å². The summed E-state index contributed by atoms with van der Waals surface area (Å²) in [5.74, 6) is 2.40. The Bertz CT molecular complexity index is 239. The van der Waals surface area contributed by atoms with Crippen molar-refractivity contribution in [1.29, 1.82) is 0 Å². The van der Waals surface area contributed by atoms with Crippen LogP contribution in [0.2, 0.25) is 0 Å². The molecule has 86 valence electrons. The van der Waals surface area contributed by atoms with Crippen molar-refractivity contribution in [2.75, 3.05) is 24.6 Å². The van der Waals surface area contributed by atoms with Crippen LogP contribution < -0.4 is 5.32 Å². The summed E-state index contributed by atoms with van der Waals surface area (Å²) in [4.78, 5) is 1.05. The van der Waals surface area contributed by atoms with Crippen LogP contribution >= 0.6 is 23.1 Å². The second-order valence-corrected chi connectivity index (χ2v) is 5.66. The average Bonchev–Trinajstić information content (AvgIpc) is 2.76. The van der Waals surface area contributed by atoms with Gasteiger partial charge in [-0.3, -0.25) is 0 Å². The fourth-order valence-corrected chi connectivity index (χ4v) is 2.61. The minimum atomic E-state index is -0.344. The van der Waals surface area contributed by atoms with Gasteiger partial charge in [-0.1, -0.05) is 13.0 Å². The number of thioether (sulfide) groups is 1. The topological polar surface area (TPSA) is 32.3 Å². The van der Waals surface area contributed by atoms with Crippen LogP contribution in [0.15, 0.2) is 17.5 Å². The van der Waals surface area contributed by atoms with Crippen LogP contribution in [-0.4, -0.2) is 29.7 Å². The van der Waals surface area contributed by atoms with Crippen LogP contribution in [0.5, 0.6) is 0 Å². The molecule has 1 heterocycles. The molecule has 1 aromatic heterocycles. The summed E-state index contributed by atoms with van der Waals surface area (Å²) >= 11 is 3.57. The average molecular weight is 245 g/mol. The normalized spacial score (nSPS) is 12.9. The Labute approximate surface area is 100 Å². The van der Waals surface area contributed by atoms with E-state index in [0.29, 0.717) is 6.54 Å². The Morgan fingerprint density at radius 3 is 3.13 bits per heavy atom. The molecule has 2 N–H and O–H groups in total. The van der Waals surface area contributed by atoms with Gasteiger partial charge in [-0.25, -0.2) is 0 Å². The van der Waals surface area contributed by atoms with Crippen molar-refractivity contribution in [1.82, 2.24) is 5.32 Å². The Morgan fingerprint density at radius 2 is 2.47 bits per heavy atom. The second kappa shape index (κ2) is 8.16. The molecule has 15 heavy (non-hydrogen) atoms. The number of rotatable bonds is 8. The third kappa shape index (κ3) is 5.56.